The van der Waals surface area contributed by atoms with Crippen LogP contribution in [0.1, 0.15) is 34.1 Å². The molecule has 0 rings (SSSR count). The fourth-order valence-corrected chi connectivity index (χ4v) is 1.24. The molecule has 1 amide bonds. The quantitative estimate of drug-likeness (QED) is 0.610. The molecule has 0 saturated heterocycles. The Balaban J connectivity index is 4.21. The molecule has 65 valence electrons. The third kappa shape index (κ3) is 2.91. The van der Waals surface area contributed by atoms with Crippen molar-refractivity contribution in [3.05, 3.63) is 6.92 Å². The van der Waals surface area contributed by atoms with Gasteiger partial charge < -0.3 is 4.90 Å². The normalized spacial score (nSPS) is 13.3. The van der Waals surface area contributed by atoms with Crippen LogP contribution < -0.4 is 0 Å². The predicted molar refractivity (Wildman–Crippen MR) is 47.1 cm³/mol. The summed E-state index contributed by atoms with van der Waals surface area (Å²) in [7, 11) is 0. The minimum Gasteiger partial charge on any atom is -0.338 e. The Morgan fingerprint density at radius 1 is 1.45 bits per heavy atom. The van der Waals surface area contributed by atoms with E-state index in [9.17, 15) is 4.79 Å². The van der Waals surface area contributed by atoms with E-state index in [0.717, 1.165) is 6.42 Å². The maximum Gasteiger partial charge on any atom is 0.223 e. The van der Waals surface area contributed by atoms with Crippen LogP contribution in [-0.2, 0) is 4.79 Å². The monoisotopic (exact) mass is 156 g/mol. The molecule has 11 heavy (non-hydrogen) atoms. The van der Waals surface area contributed by atoms with Crippen LogP contribution in [0.4, 0.5) is 0 Å². The van der Waals surface area contributed by atoms with E-state index < -0.39 is 0 Å². The van der Waals surface area contributed by atoms with Crippen LogP contribution in [0.2, 0.25) is 0 Å². The lowest BCUT2D eigenvalue weighted by Crippen LogP contribution is -2.41. The maximum absolute atomic E-state index is 11.0. The Morgan fingerprint density at radius 3 is 2.00 bits per heavy atom. The first-order valence-electron chi connectivity index (χ1n) is 4.15. The van der Waals surface area contributed by atoms with Crippen LogP contribution in [0.5, 0.6) is 0 Å². The third-order valence-electron chi connectivity index (χ3n) is 1.91. The molecule has 0 fully saturated rings. The zero-order chi connectivity index (χ0) is 9.02. The number of hydrogen-bond acceptors (Lipinski definition) is 1. The fourth-order valence-electron chi connectivity index (χ4n) is 1.24. The molecule has 0 heterocycles. The van der Waals surface area contributed by atoms with Crippen LogP contribution in [0.15, 0.2) is 0 Å². The minimum atomic E-state index is -0.0747. The molecule has 0 aliphatic carbocycles. The van der Waals surface area contributed by atoms with Gasteiger partial charge in [-0.3, -0.25) is 4.79 Å². The first kappa shape index (κ1) is 10.5. The Labute approximate surface area is 69.6 Å². The van der Waals surface area contributed by atoms with E-state index in [0.29, 0.717) is 6.04 Å². The van der Waals surface area contributed by atoms with E-state index in [1.165, 1.54) is 0 Å². The smallest absolute Gasteiger partial charge is 0.223 e. The molecule has 0 aromatic rings. The Hall–Kier alpha value is -0.530. The van der Waals surface area contributed by atoms with E-state index in [1.807, 2.05) is 20.8 Å². The van der Waals surface area contributed by atoms with Gasteiger partial charge in [0.1, 0.15) is 0 Å². The molecule has 0 aromatic heterocycles. The lowest BCUT2D eigenvalue weighted by molar-refractivity contribution is -0.130. The van der Waals surface area contributed by atoms with Crippen molar-refractivity contribution < 1.29 is 4.79 Å². The minimum absolute atomic E-state index is 0.0747. The van der Waals surface area contributed by atoms with E-state index in [4.69, 9.17) is 0 Å². The summed E-state index contributed by atoms with van der Waals surface area (Å²) in [6, 6.07) is 0.565. The van der Waals surface area contributed by atoms with Crippen molar-refractivity contribution in [2.75, 3.05) is 0 Å². The van der Waals surface area contributed by atoms with Gasteiger partial charge in [0.15, 0.2) is 0 Å². The number of carbonyl (C=O) groups is 1. The first-order valence-corrected chi connectivity index (χ1v) is 4.15. The van der Waals surface area contributed by atoms with Gasteiger partial charge in [0.05, 0.1) is 0 Å². The molecule has 0 bridgehead atoms. The Bertz CT molecular complexity index is 132. The Kier molecular flexibility index (Phi) is 4.16. The molecule has 1 unspecified atom stereocenters. The molecule has 0 aliphatic heterocycles. The van der Waals surface area contributed by atoms with Crippen LogP contribution in [0.25, 0.3) is 0 Å². The summed E-state index contributed by atoms with van der Waals surface area (Å²) >= 11 is 0. The summed E-state index contributed by atoms with van der Waals surface area (Å²) in [5.41, 5.74) is 0. The summed E-state index contributed by atoms with van der Waals surface area (Å²) in [5, 5.41) is 0. The van der Waals surface area contributed by atoms with E-state index in [-0.39, 0.29) is 11.9 Å². The van der Waals surface area contributed by atoms with Crippen molar-refractivity contribution >= 4 is 5.91 Å². The molecule has 2 heteroatoms. The standard InChI is InChI=1S/C9H18NO/c1-6-8(4)10(7(2)3)9(5)11/h7-8H,5-6H2,1-4H3. The summed E-state index contributed by atoms with van der Waals surface area (Å²) in [4.78, 5) is 12.8. The molecule has 0 aliphatic rings. The van der Waals surface area contributed by atoms with Crippen LogP contribution in [0.3, 0.4) is 0 Å². The van der Waals surface area contributed by atoms with Gasteiger partial charge in [0.2, 0.25) is 5.91 Å². The lowest BCUT2D eigenvalue weighted by atomic mass is 10.2. The van der Waals surface area contributed by atoms with Crippen molar-refractivity contribution in [1.82, 2.24) is 4.90 Å². The average molecular weight is 156 g/mol. The topological polar surface area (TPSA) is 20.3 Å². The molecule has 0 aromatic carbocycles. The van der Waals surface area contributed by atoms with E-state index in [1.54, 1.807) is 4.90 Å². The van der Waals surface area contributed by atoms with Gasteiger partial charge in [-0.15, -0.1) is 0 Å². The number of rotatable bonds is 3. The number of carbonyl (C=O) groups excluding carboxylic acids is 1. The SMILES string of the molecule is [CH2]C(=O)N(C(C)C)C(C)CC. The van der Waals surface area contributed by atoms with Gasteiger partial charge in [-0.1, -0.05) is 6.92 Å². The molecule has 0 spiro atoms. The first-order chi connectivity index (χ1) is 5.00. The second kappa shape index (κ2) is 4.37. The van der Waals surface area contributed by atoms with Gasteiger partial charge in [0.25, 0.3) is 0 Å². The summed E-state index contributed by atoms with van der Waals surface area (Å²) in [5.74, 6) is -0.0747. The molecular weight excluding hydrogens is 138 g/mol. The second-order valence-electron chi connectivity index (χ2n) is 3.15. The largest absolute Gasteiger partial charge is 0.338 e. The zero-order valence-electron chi connectivity index (χ0n) is 7.92. The van der Waals surface area contributed by atoms with Crippen molar-refractivity contribution in [2.45, 2.75) is 46.2 Å². The molecule has 1 radical (unpaired) electrons. The molecule has 0 saturated carbocycles. The molecule has 0 N–H and O–H groups in total. The highest BCUT2D eigenvalue weighted by molar-refractivity contribution is 5.80. The maximum atomic E-state index is 11.0. The van der Waals surface area contributed by atoms with Crippen molar-refractivity contribution in [3.8, 4) is 0 Å². The van der Waals surface area contributed by atoms with Crippen LogP contribution >= 0.6 is 0 Å². The van der Waals surface area contributed by atoms with Crippen molar-refractivity contribution in [3.63, 3.8) is 0 Å². The van der Waals surface area contributed by atoms with Gasteiger partial charge in [-0.2, -0.15) is 0 Å². The zero-order valence-corrected chi connectivity index (χ0v) is 7.92. The Morgan fingerprint density at radius 2 is 1.91 bits per heavy atom. The summed E-state index contributed by atoms with van der Waals surface area (Å²) in [6.45, 7) is 11.6. The highest BCUT2D eigenvalue weighted by atomic mass is 16.2. The number of amides is 1. The van der Waals surface area contributed by atoms with Crippen LogP contribution in [0, 0.1) is 6.92 Å². The van der Waals surface area contributed by atoms with E-state index >= 15 is 0 Å². The van der Waals surface area contributed by atoms with Gasteiger partial charge in [-0.05, 0) is 27.2 Å². The highest BCUT2D eigenvalue weighted by Crippen LogP contribution is 2.07. The van der Waals surface area contributed by atoms with Gasteiger partial charge in [0, 0.05) is 19.0 Å². The molecule has 1 atom stereocenters. The lowest BCUT2D eigenvalue weighted by Gasteiger charge is -2.31. The van der Waals surface area contributed by atoms with Crippen molar-refractivity contribution in [2.24, 2.45) is 0 Å². The molecular formula is C9H18NO. The second-order valence-corrected chi connectivity index (χ2v) is 3.15. The predicted octanol–water partition coefficient (Wildman–Crippen LogP) is 1.86. The number of hydrogen-bond donors (Lipinski definition) is 0. The summed E-state index contributed by atoms with van der Waals surface area (Å²) < 4.78 is 0. The van der Waals surface area contributed by atoms with Gasteiger partial charge in [-0.25, -0.2) is 0 Å². The van der Waals surface area contributed by atoms with Crippen molar-refractivity contribution in [1.29, 1.82) is 0 Å². The van der Waals surface area contributed by atoms with Gasteiger partial charge >= 0.3 is 0 Å². The van der Waals surface area contributed by atoms with E-state index in [2.05, 4.69) is 13.8 Å². The number of nitrogens with zero attached hydrogens (tertiary/aromatic N) is 1. The molecule has 2 nitrogen and oxygen atoms in total. The van der Waals surface area contributed by atoms with Crippen LogP contribution in [-0.4, -0.2) is 22.9 Å². The highest BCUT2D eigenvalue weighted by Gasteiger charge is 2.17. The fraction of sp³-hybridized carbons (Fsp3) is 0.778. The summed E-state index contributed by atoms with van der Waals surface area (Å²) in [6.07, 6.45) is 0.986. The average Bonchev–Trinajstić information content (AvgIpc) is 1.85. The third-order valence-corrected chi connectivity index (χ3v) is 1.91.